The van der Waals surface area contributed by atoms with Crippen LogP contribution < -0.4 is 5.43 Å². The van der Waals surface area contributed by atoms with Crippen molar-refractivity contribution in [2.75, 3.05) is 39.4 Å². The summed E-state index contributed by atoms with van der Waals surface area (Å²) in [5.41, 5.74) is 3.36. The van der Waals surface area contributed by atoms with Crippen LogP contribution in [0.2, 0.25) is 10.0 Å². The molecule has 6 nitrogen and oxygen atoms in total. The maximum Gasteiger partial charge on any atom is 0.290 e. The van der Waals surface area contributed by atoms with Crippen LogP contribution in [0.3, 0.4) is 0 Å². The fourth-order valence-electron chi connectivity index (χ4n) is 4.82. The van der Waals surface area contributed by atoms with E-state index in [0.29, 0.717) is 33.1 Å². The summed E-state index contributed by atoms with van der Waals surface area (Å²) in [4.78, 5) is 31.3. The minimum atomic E-state index is -0.579. The molecule has 0 aliphatic carbocycles. The molecule has 1 unspecified atom stereocenters. The normalized spacial score (nSPS) is 18.6. The summed E-state index contributed by atoms with van der Waals surface area (Å²) < 4.78 is 11.5. The monoisotopic (exact) mass is 500 g/mol. The van der Waals surface area contributed by atoms with Gasteiger partial charge in [0.05, 0.1) is 40.3 Å². The Labute approximate surface area is 208 Å². The quantitative estimate of drug-likeness (QED) is 0.494. The number of aryl methyl sites for hydroxylation is 2. The Balaban J connectivity index is 1.57. The van der Waals surface area contributed by atoms with E-state index in [1.165, 1.54) is 0 Å². The van der Waals surface area contributed by atoms with Gasteiger partial charge in [-0.2, -0.15) is 0 Å². The van der Waals surface area contributed by atoms with E-state index in [1.54, 1.807) is 17.0 Å². The van der Waals surface area contributed by atoms with Crippen molar-refractivity contribution < 1.29 is 13.9 Å². The molecule has 0 bridgehead atoms. The van der Waals surface area contributed by atoms with E-state index >= 15 is 0 Å². The summed E-state index contributed by atoms with van der Waals surface area (Å²) in [6, 6.07) is 8.34. The van der Waals surface area contributed by atoms with Gasteiger partial charge in [0, 0.05) is 26.2 Å². The van der Waals surface area contributed by atoms with Crippen molar-refractivity contribution in [2.45, 2.75) is 26.3 Å². The summed E-state index contributed by atoms with van der Waals surface area (Å²) in [6.45, 7) is 8.47. The lowest BCUT2D eigenvalue weighted by molar-refractivity contribution is 0.0353. The second kappa shape index (κ2) is 9.34. The summed E-state index contributed by atoms with van der Waals surface area (Å²) in [5.74, 6) is -0.159. The number of amides is 1. The number of hydrogen-bond donors (Lipinski definition) is 0. The van der Waals surface area contributed by atoms with Crippen molar-refractivity contribution >= 4 is 40.1 Å². The van der Waals surface area contributed by atoms with Gasteiger partial charge < -0.3 is 14.1 Å². The first kappa shape index (κ1) is 23.4. The molecule has 2 aromatic carbocycles. The van der Waals surface area contributed by atoms with Crippen molar-refractivity contribution in [3.63, 3.8) is 0 Å². The molecule has 8 heteroatoms. The molecule has 178 valence electrons. The molecule has 0 radical (unpaired) electrons. The lowest BCUT2D eigenvalue weighted by atomic mass is 9.97. The molecule has 1 aromatic heterocycles. The molecule has 0 saturated carbocycles. The second-order valence-electron chi connectivity index (χ2n) is 8.99. The summed E-state index contributed by atoms with van der Waals surface area (Å²) >= 11 is 12.5. The van der Waals surface area contributed by atoms with Crippen molar-refractivity contribution in [1.29, 1.82) is 0 Å². The van der Waals surface area contributed by atoms with E-state index in [2.05, 4.69) is 4.90 Å². The van der Waals surface area contributed by atoms with Crippen molar-refractivity contribution in [1.82, 2.24) is 9.80 Å². The zero-order valence-electron chi connectivity index (χ0n) is 19.2. The third-order valence-electron chi connectivity index (χ3n) is 6.82. The molecule has 2 aliphatic rings. The first-order chi connectivity index (χ1) is 16.3. The van der Waals surface area contributed by atoms with Gasteiger partial charge in [-0.25, -0.2) is 0 Å². The fourth-order valence-corrected chi connectivity index (χ4v) is 5.13. The third-order valence-corrected chi connectivity index (χ3v) is 7.56. The van der Waals surface area contributed by atoms with E-state index in [1.807, 2.05) is 32.0 Å². The Morgan fingerprint density at radius 1 is 0.971 bits per heavy atom. The van der Waals surface area contributed by atoms with Crippen LogP contribution in [0.25, 0.3) is 11.0 Å². The number of carbonyl (C=O) groups excluding carboxylic acids is 1. The molecule has 2 aliphatic heterocycles. The first-order valence-electron chi connectivity index (χ1n) is 11.5. The second-order valence-corrected chi connectivity index (χ2v) is 9.80. The van der Waals surface area contributed by atoms with E-state index < -0.39 is 6.04 Å². The Bertz CT molecular complexity index is 1330. The number of benzene rings is 2. The fraction of sp³-hybridized carbons (Fsp3) is 0.385. The SMILES string of the molecule is Cc1cc2oc3c(c(=O)c2cc1C)C(c1ccc(Cl)c(Cl)c1)N(CCCN1CCOCC1)C3=O. The van der Waals surface area contributed by atoms with Crippen LogP contribution >= 0.6 is 23.2 Å². The van der Waals surface area contributed by atoms with Crippen LogP contribution in [0.4, 0.5) is 0 Å². The van der Waals surface area contributed by atoms with Crippen LogP contribution in [-0.2, 0) is 4.74 Å². The van der Waals surface area contributed by atoms with Crippen molar-refractivity contribution in [3.05, 3.63) is 78.6 Å². The van der Waals surface area contributed by atoms with Crippen LogP contribution in [0.5, 0.6) is 0 Å². The highest BCUT2D eigenvalue weighted by Gasteiger charge is 2.42. The molecule has 3 aromatic rings. The maximum atomic E-state index is 13.7. The molecule has 0 N–H and O–H groups in total. The molecule has 1 fully saturated rings. The average molecular weight is 501 g/mol. The minimum absolute atomic E-state index is 0.114. The Morgan fingerprint density at radius 2 is 1.71 bits per heavy atom. The predicted molar refractivity (Wildman–Crippen MR) is 133 cm³/mol. The Morgan fingerprint density at radius 3 is 2.44 bits per heavy atom. The maximum absolute atomic E-state index is 13.7. The standard InChI is InChI=1S/C26H26Cl2N2O4/c1-15-12-18-21(13-16(15)2)34-25-22(24(18)31)23(17-4-5-19(27)20(28)14-17)30(26(25)32)7-3-6-29-8-10-33-11-9-29/h4-5,12-14,23H,3,6-11H2,1-2H3. The van der Waals surface area contributed by atoms with Gasteiger partial charge in [0.1, 0.15) is 5.58 Å². The summed E-state index contributed by atoms with van der Waals surface area (Å²) in [6.07, 6.45) is 0.767. The average Bonchev–Trinajstić information content (AvgIpc) is 3.10. The van der Waals surface area contributed by atoms with E-state index in [9.17, 15) is 9.59 Å². The van der Waals surface area contributed by atoms with Crippen LogP contribution in [-0.4, -0.2) is 55.1 Å². The lowest BCUT2D eigenvalue weighted by Gasteiger charge is -2.29. The van der Waals surface area contributed by atoms with E-state index in [0.717, 1.165) is 56.0 Å². The number of fused-ring (bicyclic) bond motifs is 2. The van der Waals surface area contributed by atoms with Crippen LogP contribution in [0.15, 0.2) is 39.5 Å². The number of morpholine rings is 1. The molecule has 3 heterocycles. The highest BCUT2D eigenvalue weighted by molar-refractivity contribution is 6.42. The number of rotatable bonds is 5. The van der Waals surface area contributed by atoms with Crippen molar-refractivity contribution in [3.8, 4) is 0 Å². The first-order valence-corrected chi connectivity index (χ1v) is 12.2. The number of carbonyl (C=O) groups is 1. The molecule has 1 saturated heterocycles. The van der Waals surface area contributed by atoms with Gasteiger partial charge in [0.2, 0.25) is 5.76 Å². The van der Waals surface area contributed by atoms with Gasteiger partial charge in [-0.1, -0.05) is 29.3 Å². The highest BCUT2D eigenvalue weighted by atomic mass is 35.5. The number of ether oxygens (including phenoxy) is 1. The molecule has 1 atom stereocenters. The smallest absolute Gasteiger partial charge is 0.290 e. The molecule has 5 rings (SSSR count). The van der Waals surface area contributed by atoms with Crippen LogP contribution in [0, 0.1) is 13.8 Å². The van der Waals surface area contributed by atoms with Gasteiger partial charge in [0.25, 0.3) is 5.91 Å². The van der Waals surface area contributed by atoms with Crippen LogP contribution in [0.1, 0.15) is 45.3 Å². The molecule has 34 heavy (non-hydrogen) atoms. The zero-order chi connectivity index (χ0) is 24.0. The van der Waals surface area contributed by atoms with Gasteiger partial charge in [-0.15, -0.1) is 0 Å². The Hall–Kier alpha value is -2.38. The largest absolute Gasteiger partial charge is 0.450 e. The molecular formula is C26H26Cl2N2O4. The van der Waals surface area contributed by atoms with E-state index in [4.69, 9.17) is 32.4 Å². The van der Waals surface area contributed by atoms with Gasteiger partial charge in [-0.3, -0.25) is 14.5 Å². The summed E-state index contributed by atoms with van der Waals surface area (Å²) in [5, 5.41) is 1.28. The lowest BCUT2D eigenvalue weighted by Crippen LogP contribution is -2.38. The number of halogens is 2. The predicted octanol–water partition coefficient (Wildman–Crippen LogP) is 4.98. The third kappa shape index (κ3) is 4.13. The molecular weight excluding hydrogens is 475 g/mol. The van der Waals surface area contributed by atoms with Gasteiger partial charge >= 0.3 is 0 Å². The van der Waals surface area contributed by atoms with Crippen molar-refractivity contribution in [2.24, 2.45) is 0 Å². The van der Waals surface area contributed by atoms with Gasteiger partial charge in [0.15, 0.2) is 5.43 Å². The minimum Gasteiger partial charge on any atom is -0.450 e. The zero-order valence-corrected chi connectivity index (χ0v) is 20.7. The highest BCUT2D eigenvalue weighted by Crippen LogP contribution is 2.40. The number of hydrogen-bond acceptors (Lipinski definition) is 5. The van der Waals surface area contributed by atoms with E-state index in [-0.39, 0.29) is 17.1 Å². The summed E-state index contributed by atoms with van der Waals surface area (Å²) in [7, 11) is 0. The van der Waals surface area contributed by atoms with Gasteiger partial charge in [-0.05, 0) is 61.2 Å². The molecule has 0 spiro atoms. The topological polar surface area (TPSA) is 63.0 Å². The molecule has 1 amide bonds. The number of nitrogens with zero attached hydrogens (tertiary/aromatic N) is 2. The Kier molecular flexibility index (Phi) is 6.42.